The second-order valence-corrected chi connectivity index (χ2v) is 3.61. The Morgan fingerprint density at radius 3 is 2.67 bits per heavy atom. The third-order valence-corrected chi connectivity index (χ3v) is 2.28. The van der Waals surface area contributed by atoms with Crippen molar-refractivity contribution in [2.75, 3.05) is 0 Å². The first-order chi connectivity index (χ1) is 5.70. The Labute approximate surface area is 74.4 Å². The molecule has 12 heavy (non-hydrogen) atoms. The van der Waals surface area contributed by atoms with E-state index >= 15 is 0 Å². The van der Waals surface area contributed by atoms with Crippen LogP contribution in [0.2, 0.25) is 0 Å². The lowest BCUT2D eigenvalue weighted by atomic mass is 10.1. The van der Waals surface area contributed by atoms with Gasteiger partial charge in [0.1, 0.15) is 0 Å². The minimum atomic E-state index is 0.577. The first-order valence-electron chi connectivity index (χ1n) is 4.56. The maximum Gasteiger partial charge on any atom is 0.0359 e. The maximum absolute atomic E-state index is 3.45. The molecule has 68 valence electrons. The Morgan fingerprint density at radius 1 is 1.42 bits per heavy atom. The van der Waals surface area contributed by atoms with Gasteiger partial charge in [-0.15, -0.1) is 0 Å². The van der Waals surface area contributed by atoms with Crippen LogP contribution in [0.25, 0.3) is 0 Å². The molecule has 0 saturated carbocycles. The lowest BCUT2D eigenvalue weighted by Gasteiger charge is -2.16. The van der Waals surface area contributed by atoms with E-state index in [1.54, 1.807) is 0 Å². The summed E-state index contributed by atoms with van der Waals surface area (Å²) >= 11 is 0. The van der Waals surface area contributed by atoms with Gasteiger partial charge in [-0.1, -0.05) is 13.8 Å². The Kier molecular flexibility index (Phi) is 3.35. The summed E-state index contributed by atoms with van der Waals surface area (Å²) in [6, 6.07) is 4.70. The summed E-state index contributed by atoms with van der Waals surface area (Å²) in [5.74, 6) is 0.694. The SMILES string of the molecule is CC(C)C(C)NCc1ccc[nH]1. The highest BCUT2D eigenvalue weighted by Gasteiger charge is 2.05. The van der Waals surface area contributed by atoms with E-state index in [-0.39, 0.29) is 0 Å². The van der Waals surface area contributed by atoms with Gasteiger partial charge in [-0.25, -0.2) is 0 Å². The lowest BCUT2D eigenvalue weighted by molar-refractivity contribution is 0.424. The summed E-state index contributed by atoms with van der Waals surface area (Å²) in [5, 5.41) is 3.45. The molecular formula is C10H18N2. The minimum Gasteiger partial charge on any atom is -0.364 e. The van der Waals surface area contributed by atoms with Crippen LogP contribution in [0.15, 0.2) is 18.3 Å². The normalized spacial score (nSPS) is 13.7. The van der Waals surface area contributed by atoms with Crippen LogP contribution in [0.4, 0.5) is 0 Å². The van der Waals surface area contributed by atoms with Gasteiger partial charge in [-0.2, -0.15) is 0 Å². The van der Waals surface area contributed by atoms with Gasteiger partial charge in [0, 0.05) is 24.5 Å². The van der Waals surface area contributed by atoms with Gasteiger partial charge in [-0.3, -0.25) is 0 Å². The summed E-state index contributed by atoms with van der Waals surface area (Å²) in [5.41, 5.74) is 1.25. The predicted molar refractivity (Wildman–Crippen MR) is 51.9 cm³/mol. The van der Waals surface area contributed by atoms with Crippen LogP contribution in [-0.2, 0) is 6.54 Å². The molecule has 0 radical (unpaired) electrons. The van der Waals surface area contributed by atoms with Crippen molar-refractivity contribution < 1.29 is 0 Å². The summed E-state index contributed by atoms with van der Waals surface area (Å²) in [6.45, 7) is 7.61. The fraction of sp³-hybridized carbons (Fsp3) is 0.600. The number of aromatic nitrogens is 1. The molecule has 1 atom stereocenters. The van der Waals surface area contributed by atoms with Crippen LogP contribution in [0, 0.1) is 5.92 Å². The molecule has 1 heterocycles. The number of rotatable bonds is 4. The fourth-order valence-corrected chi connectivity index (χ4v) is 0.984. The summed E-state index contributed by atoms with van der Waals surface area (Å²) in [4.78, 5) is 3.17. The Balaban J connectivity index is 2.27. The smallest absolute Gasteiger partial charge is 0.0359 e. The molecule has 2 heteroatoms. The van der Waals surface area contributed by atoms with Crippen LogP contribution in [0.1, 0.15) is 26.5 Å². The van der Waals surface area contributed by atoms with Crippen LogP contribution in [0.5, 0.6) is 0 Å². The molecule has 0 saturated heterocycles. The Bertz CT molecular complexity index is 202. The van der Waals surface area contributed by atoms with Crippen molar-refractivity contribution in [2.45, 2.75) is 33.4 Å². The molecule has 0 aliphatic carbocycles. The van der Waals surface area contributed by atoms with Crippen molar-refractivity contribution in [3.63, 3.8) is 0 Å². The van der Waals surface area contributed by atoms with E-state index in [2.05, 4.69) is 37.1 Å². The molecule has 1 aromatic heterocycles. The standard InChI is InChI=1S/C10H18N2/c1-8(2)9(3)12-7-10-5-4-6-11-10/h4-6,8-9,11-12H,7H2,1-3H3. The van der Waals surface area contributed by atoms with E-state index < -0.39 is 0 Å². The van der Waals surface area contributed by atoms with Crippen LogP contribution in [0.3, 0.4) is 0 Å². The zero-order valence-corrected chi connectivity index (χ0v) is 8.09. The largest absolute Gasteiger partial charge is 0.364 e. The molecule has 0 aromatic carbocycles. The van der Waals surface area contributed by atoms with Crippen molar-refractivity contribution in [1.29, 1.82) is 0 Å². The first kappa shape index (κ1) is 9.33. The average Bonchev–Trinajstić information content (AvgIpc) is 2.51. The van der Waals surface area contributed by atoms with Gasteiger partial charge in [0.15, 0.2) is 0 Å². The monoisotopic (exact) mass is 166 g/mol. The lowest BCUT2D eigenvalue weighted by Crippen LogP contribution is -2.30. The molecule has 2 N–H and O–H groups in total. The molecule has 1 unspecified atom stereocenters. The fourth-order valence-electron chi connectivity index (χ4n) is 0.984. The van der Waals surface area contributed by atoms with Gasteiger partial charge >= 0.3 is 0 Å². The van der Waals surface area contributed by atoms with Crippen LogP contribution < -0.4 is 5.32 Å². The van der Waals surface area contributed by atoms with Crippen molar-refractivity contribution >= 4 is 0 Å². The van der Waals surface area contributed by atoms with E-state index in [0.29, 0.717) is 12.0 Å². The molecule has 0 bridgehead atoms. The van der Waals surface area contributed by atoms with E-state index in [1.807, 2.05) is 12.3 Å². The Hall–Kier alpha value is -0.760. The number of hydrogen-bond donors (Lipinski definition) is 2. The van der Waals surface area contributed by atoms with Crippen LogP contribution in [-0.4, -0.2) is 11.0 Å². The molecule has 1 aromatic rings. The second-order valence-electron chi connectivity index (χ2n) is 3.61. The third kappa shape index (κ3) is 2.70. The zero-order valence-electron chi connectivity index (χ0n) is 8.09. The minimum absolute atomic E-state index is 0.577. The highest BCUT2D eigenvalue weighted by Crippen LogP contribution is 2.01. The molecule has 2 nitrogen and oxygen atoms in total. The molecule has 1 rings (SSSR count). The average molecular weight is 166 g/mol. The molecule has 0 aliphatic heterocycles. The molecule has 0 amide bonds. The van der Waals surface area contributed by atoms with Gasteiger partial charge in [-0.05, 0) is 25.0 Å². The number of nitrogens with one attached hydrogen (secondary N) is 2. The molecular weight excluding hydrogens is 148 g/mol. The highest BCUT2D eigenvalue weighted by atomic mass is 14.9. The first-order valence-corrected chi connectivity index (χ1v) is 4.56. The van der Waals surface area contributed by atoms with Gasteiger partial charge in [0.25, 0.3) is 0 Å². The summed E-state index contributed by atoms with van der Waals surface area (Å²) < 4.78 is 0. The van der Waals surface area contributed by atoms with Crippen molar-refractivity contribution in [3.05, 3.63) is 24.0 Å². The number of aromatic amines is 1. The van der Waals surface area contributed by atoms with E-state index in [0.717, 1.165) is 6.54 Å². The van der Waals surface area contributed by atoms with Crippen molar-refractivity contribution in [3.8, 4) is 0 Å². The van der Waals surface area contributed by atoms with Gasteiger partial charge < -0.3 is 10.3 Å². The highest BCUT2D eigenvalue weighted by molar-refractivity contribution is 5.03. The maximum atomic E-state index is 3.45. The quantitative estimate of drug-likeness (QED) is 0.704. The second kappa shape index (κ2) is 4.31. The zero-order chi connectivity index (χ0) is 8.97. The molecule has 0 aliphatic rings. The number of H-pyrrole nitrogens is 1. The summed E-state index contributed by atoms with van der Waals surface area (Å²) in [6.07, 6.45) is 1.96. The van der Waals surface area contributed by atoms with E-state index in [9.17, 15) is 0 Å². The van der Waals surface area contributed by atoms with Gasteiger partial charge in [0.2, 0.25) is 0 Å². The molecule has 0 fully saturated rings. The Morgan fingerprint density at radius 2 is 2.17 bits per heavy atom. The van der Waals surface area contributed by atoms with Gasteiger partial charge in [0.05, 0.1) is 0 Å². The summed E-state index contributed by atoms with van der Waals surface area (Å²) in [7, 11) is 0. The molecule has 0 spiro atoms. The van der Waals surface area contributed by atoms with E-state index in [4.69, 9.17) is 0 Å². The third-order valence-electron chi connectivity index (χ3n) is 2.28. The van der Waals surface area contributed by atoms with Crippen molar-refractivity contribution in [2.24, 2.45) is 5.92 Å². The van der Waals surface area contributed by atoms with Crippen molar-refractivity contribution in [1.82, 2.24) is 10.3 Å². The number of hydrogen-bond acceptors (Lipinski definition) is 1. The topological polar surface area (TPSA) is 27.8 Å². The van der Waals surface area contributed by atoms with E-state index in [1.165, 1.54) is 5.69 Å². The predicted octanol–water partition coefficient (Wildman–Crippen LogP) is 2.15. The van der Waals surface area contributed by atoms with Crippen LogP contribution >= 0.6 is 0 Å².